The van der Waals surface area contributed by atoms with Crippen molar-refractivity contribution < 1.29 is 5.11 Å². The Hall–Kier alpha value is -0.730. The van der Waals surface area contributed by atoms with E-state index in [9.17, 15) is 0 Å². The van der Waals surface area contributed by atoms with Crippen LogP contribution in [-0.2, 0) is 0 Å². The Morgan fingerprint density at radius 2 is 2.33 bits per heavy atom. The molecule has 15 heavy (non-hydrogen) atoms. The number of benzene rings is 1. The third-order valence-corrected chi connectivity index (χ3v) is 3.55. The largest absolute Gasteiger partial charge is 0.396 e. The zero-order valence-electron chi connectivity index (χ0n) is 8.89. The highest BCUT2D eigenvalue weighted by Gasteiger charge is 2.21. The van der Waals surface area contributed by atoms with Crippen LogP contribution in [0.4, 0.5) is 5.69 Å². The molecule has 2 nitrogen and oxygen atoms in total. The highest BCUT2D eigenvalue weighted by atomic mass is 35.5. The fourth-order valence-electron chi connectivity index (χ4n) is 2.26. The molecule has 3 heteroatoms. The molecule has 1 atom stereocenters. The van der Waals surface area contributed by atoms with Crippen molar-refractivity contribution in [3.8, 4) is 0 Å². The Morgan fingerprint density at radius 1 is 1.53 bits per heavy atom. The first-order chi connectivity index (χ1) is 7.24. The number of fused-ring (bicyclic) bond motifs is 1. The smallest absolute Gasteiger partial charge is 0.0455 e. The van der Waals surface area contributed by atoms with Gasteiger partial charge in [-0.15, -0.1) is 0 Å². The maximum Gasteiger partial charge on any atom is 0.0455 e. The lowest BCUT2D eigenvalue weighted by atomic mass is 9.87. The molecule has 82 valence electrons. The van der Waals surface area contributed by atoms with Crippen LogP contribution in [0.1, 0.15) is 29.9 Å². The van der Waals surface area contributed by atoms with E-state index in [0.29, 0.717) is 5.92 Å². The first-order valence-corrected chi connectivity index (χ1v) is 5.75. The molecule has 1 aliphatic heterocycles. The number of halogens is 1. The summed E-state index contributed by atoms with van der Waals surface area (Å²) in [6, 6.07) is 4.03. The average molecular weight is 226 g/mol. The van der Waals surface area contributed by atoms with Crippen molar-refractivity contribution >= 4 is 17.3 Å². The van der Waals surface area contributed by atoms with Gasteiger partial charge in [-0.2, -0.15) is 0 Å². The van der Waals surface area contributed by atoms with Crippen LogP contribution in [0.2, 0.25) is 5.02 Å². The Kier molecular flexibility index (Phi) is 3.17. The molecule has 1 aromatic rings. The van der Waals surface area contributed by atoms with E-state index in [4.69, 9.17) is 16.7 Å². The summed E-state index contributed by atoms with van der Waals surface area (Å²) >= 11 is 6.08. The Bertz CT molecular complexity index is 365. The average Bonchev–Trinajstić information content (AvgIpc) is 2.25. The lowest BCUT2D eigenvalue weighted by Gasteiger charge is -2.28. The molecule has 0 saturated carbocycles. The predicted molar refractivity (Wildman–Crippen MR) is 63.7 cm³/mol. The van der Waals surface area contributed by atoms with Gasteiger partial charge in [0.05, 0.1) is 0 Å². The lowest BCUT2D eigenvalue weighted by Crippen LogP contribution is -2.18. The van der Waals surface area contributed by atoms with Gasteiger partial charge in [0, 0.05) is 23.9 Å². The van der Waals surface area contributed by atoms with E-state index in [1.54, 1.807) is 0 Å². The summed E-state index contributed by atoms with van der Waals surface area (Å²) < 4.78 is 0. The number of aliphatic hydroxyl groups excluding tert-OH is 1. The molecule has 0 radical (unpaired) electrons. The molecular formula is C12H16ClNO. The number of aliphatic hydroxyl groups is 1. The minimum absolute atomic E-state index is 0.256. The van der Waals surface area contributed by atoms with Crippen LogP contribution in [0.15, 0.2) is 12.1 Å². The quantitative estimate of drug-likeness (QED) is 0.811. The molecule has 0 aromatic heterocycles. The van der Waals surface area contributed by atoms with Gasteiger partial charge in [0.1, 0.15) is 0 Å². The van der Waals surface area contributed by atoms with Crippen molar-refractivity contribution in [2.45, 2.75) is 25.7 Å². The molecule has 2 N–H and O–H groups in total. The number of rotatable bonds is 2. The maximum absolute atomic E-state index is 9.02. The van der Waals surface area contributed by atoms with E-state index < -0.39 is 0 Å². The van der Waals surface area contributed by atoms with E-state index in [2.05, 4.69) is 11.4 Å². The topological polar surface area (TPSA) is 32.3 Å². The highest BCUT2D eigenvalue weighted by Crippen LogP contribution is 2.38. The first-order valence-electron chi connectivity index (χ1n) is 5.37. The molecule has 0 aliphatic carbocycles. The van der Waals surface area contributed by atoms with Gasteiger partial charge >= 0.3 is 0 Å². The standard InChI is InChI=1S/C12H16ClNO/c1-8-11(13)3-2-10-9(5-7-15)4-6-14-12(8)10/h2-3,9,14-15H,4-7H2,1H3. The third kappa shape index (κ3) is 1.97. The van der Waals surface area contributed by atoms with Crippen LogP contribution in [0, 0.1) is 6.92 Å². The lowest BCUT2D eigenvalue weighted by molar-refractivity contribution is 0.273. The van der Waals surface area contributed by atoms with Gasteiger partial charge in [0.15, 0.2) is 0 Å². The minimum Gasteiger partial charge on any atom is -0.396 e. The molecule has 0 amide bonds. The van der Waals surface area contributed by atoms with Crippen LogP contribution in [0.3, 0.4) is 0 Å². The molecule has 1 aliphatic rings. The van der Waals surface area contributed by atoms with Crippen LogP contribution in [-0.4, -0.2) is 18.3 Å². The van der Waals surface area contributed by atoms with Gasteiger partial charge in [-0.1, -0.05) is 17.7 Å². The summed E-state index contributed by atoms with van der Waals surface area (Å²) in [6.45, 7) is 3.26. The van der Waals surface area contributed by atoms with Crippen LogP contribution < -0.4 is 5.32 Å². The molecule has 0 fully saturated rings. The second kappa shape index (κ2) is 4.42. The molecule has 1 unspecified atom stereocenters. The highest BCUT2D eigenvalue weighted by molar-refractivity contribution is 6.31. The molecular weight excluding hydrogens is 210 g/mol. The van der Waals surface area contributed by atoms with Crippen molar-refractivity contribution in [1.29, 1.82) is 0 Å². The predicted octanol–water partition coefficient (Wildman–Crippen LogP) is 2.93. The summed E-state index contributed by atoms with van der Waals surface area (Å²) in [7, 11) is 0. The van der Waals surface area contributed by atoms with Gasteiger partial charge in [0.25, 0.3) is 0 Å². The third-order valence-electron chi connectivity index (χ3n) is 3.14. The summed E-state index contributed by atoms with van der Waals surface area (Å²) in [5.41, 5.74) is 3.60. The van der Waals surface area contributed by atoms with E-state index in [0.717, 1.165) is 30.0 Å². The van der Waals surface area contributed by atoms with Crippen molar-refractivity contribution in [1.82, 2.24) is 0 Å². The van der Waals surface area contributed by atoms with E-state index in [1.165, 1.54) is 11.3 Å². The molecule has 2 rings (SSSR count). The Labute approximate surface area is 95.3 Å². The van der Waals surface area contributed by atoms with Gasteiger partial charge in [0.2, 0.25) is 0 Å². The van der Waals surface area contributed by atoms with Crippen LogP contribution in [0.25, 0.3) is 0 Å². The number of hydrogen-bond acceptors (Lipinski definition) is 2. The van der Waals surface area contributed by atoms with Crippen molar-refractivity contribution in [3.63, 3.8) is 0 Å². The maximum atomic E-state index is 9.02. The van der Waals surface area contributed by atoms with E-state index >= 15 is 0 Å². The Balaban J connectivity index is 2.40. The van der Waals surface area contributed by atoms with Crippen LogP contribution >= 0.6 is 11.6 Å². The molecule has 0 spiro atoms. The fourth-order valence-corrected chi connectivity index (χ4v) is 2.42. The zero-order valence-corrected chi connectivity index (χ0v) is 9.64. The fraction of sp³-hybridized carbons (Fsp3) is 0.500. The second-order valence-electron chi connectivity index (χ2n) is 4.06. The molecule has 1 heterocycles. The van der Waals surface area contributed by atoms with Crippen molar-refractivity contribution in [2.75, 3.05) is 18.5 Å². The number of anilines is 1. The van der Waals surface area contributed by atoms with Crippen molar-refractivity contribution in [2.24, 2.45) is 0 Å². The zero-order chi connectivity index (χ0) is 10.8. The number of hydrogen-bond donors (Lipinski definition) is 2. The van der Waals surface area contributed by atoms with Gasteiger partial charge in [-0.05, 0) is 42.9 Å². The first kappa shape index (κ1) is 10.8. The summed E-state index contributed by atoms with van der Waals surface area (Å²) in [6.07, 6.45) is 1.93. The summed E-state index contributed by atoms with van der Waals surface area (Å²) in [4.78, 5) is 0. The second-order valence-corrected chi connectivity index (χ2v) is 4.47. The van der Waals surface area contributed by atoms with Crippen molar-refractivity contribution in [3.05, 3.63) is 28.3 Å². The van der Waals surface area contributed by atoms with Gasteiger partial charge in [-0.3, -0.25) is 0 Å². The monoisotopic (exact) mass is 225 g/mol. The van der Waals surface area contributed by atoms with Gasteiger partial charge < -0.3 is 10.4 Å². The minimum atomic E-state index is 0.256. The van der Waals surface area contributed by atoms with E-state index in [-0.39, 0.29) is 6.61 Å². The normalized spacial score (nSPS) is 19.5. The summed E-state index contributed by atoms with van der Waals surface area (Å²) in [5, 5.41) is 13.2. The number of nitrogens with one attached hydrogen (secondary N) is 1. The SMILES string of the molecule is Cc1c(Cl)ccc2c1NCCC2CCO. The summed E-state index contributed by atoms with van der Waals surface area (Å²) in [5.74, 6) is 0.474. The van der Waals surface area contributed by atoms with Gasteiger partial charge in [-0.25, -0.2) is 0 Å². The molecule has 0 saturated heterocycles. The van der Waals surface area contributed by atoms with Crippen LogP contribution in [0.5, 0.6) is 0 Å². The van der Waals surface area contributed by atoms with E-state index in [1.807, 2.05) is 13.0 Å². The molecule has 0 bridgehead atoms. The molecule has 1 aromatic carbocycles. The Morgan fingerprint density at radius 3 is 3.07 bits per heavy atom.